The highest BCUT2D eigenvalue weighted by Gasteiger charge is 2.18. The summed E-state index contributed by atoms with van der Waals surface area (Å²) in [4.78, 5) is 30.7. The molecular weight excluding hydrogens is 256 g/mol. The van der Waals surface area contributed by atoms with E-state index in [2.05, 4.69) is 11.1 Å². The second kappa shape index (κ2) is 12.7. The average molecular weight is 278 g/mol. The van der Waals surface area contributed by atoms with Gasteiger partial charge in [0.2, 0.25) is 5.91 Å². The van der Waals surface area contributed by atoms with E-state index in [4.69, 9.17) is 21.7 Å². The number of carboxylic acid groups (broad SMARTS) is 2. The smallest absolute Gasteiger partial charge is 0.326 e. The molecule has 0 aromatic heterocycles. The van der Waals surface area contributed by atoms with Crippen LogP contribution in [0.4, 0.5) is 0 Å². The highest BCUT2D eigenvalue weighted by molar-refractivity contribution is 5.84. The maximum absolute atomic E-state index is 10.8. The fraction of sp³-hybridized carbons (Fsp3) is 0.700. The maximum Gasteiger partial charge on any atom is 0.326 e. The van der Waals surface area contributed by atoms with Crippen LogP contribution in [-0.2, 0) is 14.4 Å². The Morgan fingerprint density at radius 2 is 1.53 bits per heavy atom. The molecule has 0 fully saturated rings. The number of unbranched alkanes of at least 4 members (excludes halogenated alkanes) is 1. The van der Waals surface area contributed by atoms with E-state index in [9.17, 15) is 14.4 Å². The first-order valence-electron chi connectivity index (χ1n) is 5.73. The summed E-state index contributed by atoms with van der Waals surface area (Å²) in [5.41, 5.74) is 14.9. The standard InChI is InChI=1S/C8H17N3O3.C2H5NO2/c9-4-2-1-3-6(8(13)14)11-7(12)5-10;3-1-2(4)5/h6H,1-5,9-10H2,(H,11,12)(H,13,14);1,3H2,(H,4,5). The van der Waals surface area contributed by atoms with Gasteiger partial charge in [-0.2, -0.15) is 0 Å². The lowest BCUT2D eigenvalue weighted by Gasteiger charge is -2.13. The Labute approximate surface area is 111 Å². The molecule has 0 heterocycles. The van der Waals surface area contributed by atoms with Gasteiger partial charge in [-0.15, -0.1) is 0 Å². The van der Waals surface area contributed by atoms with E-state index in [1.165, 1.54) is 0 Å². The first-order chi connectivity index (χ1) is 8.88. The van der Waals surface area contributed by atoms with Crippen LogP contribution in [0.2, 0.25) is 0 Å². The molecule has 0 aromatic rings. The van der Waals surface area contributed by atoms with Crippen LogP contribution in [0.1, 0.15) is 19.3 Å². The molecule has 0 aromatic carbocycles. The molecule has 1 unspecified atom stereocenters. The van der Waals surface area contributed by atoms with Crippen molar-refractivity contribution >= 4 is 17.8 Å². The topological polar surface area (TPSA) is 182 Å². The Hall–Kier alpha value is -1.71. The molecule has 1 atom stereocenters. The van der Waals surface area contributed by atoms with Crippen molar-refractivity contribution in [3.8, 4) is 0 Å². The van der Waals surface area contributed by atoms with Crippen LogP contribution in [0, 0.1) is 0 Å². The van der Waals surface area contributed by atoms with Gasteiger partial charge in [0.25, 0.3) is 0 Å². The fourth-order valence-electron chi connectivity index (χ4n) is 1.00. The normalized spacial score (nSPS) is 10.9. The molecule has 0 aliphatic heterocycles. The third kappa shape index (κ3) is 14.2. The molecule has 0 saturated heterocycles. The number of rotatable bonds is 8. The van der Waals surface area contributed by atoms with Gasteiger partial charge in [-0.1, -0.05) is 0 Å². The van der Waals surface area contributed by atoms with Crippen LogP contribution in [0.3, 0.4) is 0 Å². The zero-order valence-electron chi connectivity index (χ0n) is 10.7. The first kappa shape index (κ1) is 19.6. The minimum atomic E-state index is -1.04. The highest BCUT2D eigenvalue weighted by atomic mass is 16.4. The van der Waals surface area contributed by atoms with E-state index in [1.807, 2.05) is 0 Å². The van der Waals surface area contributed by atoms with E-state index in [-0.39, 0.29) is 13.1 Å². The van der Waals surface area contributed by atoms with Gasteiger partial charge in [-0.05, 0) is 25.8 Å². The van der Waals surface area contributed by atoms with Crippen molar-refractivity contribution in [3.05, 3.63) is 0 Å². The SMILES string of the molecule is NCC(=O)O.NCCCCC(NC(=O)CN)C(=O)O. The number of hydrogen-bond acceptors (Lipinski definition) is 6. The summed E-state index contributed by atoms with van der Waals surface area (Å²) in [5, 5.41) is 18.6. The summed E-state index contributed by atoms with van der Waals surface area (Å²) in [7, 11) is 0. The molecule has 9 heteroatoms. The molecule has 0 bridgehead atoms. The Bertz CT molecular complexity index is 285. The number of aliphatic carboxylic acids is 2. The zero-order valence-corrected chi connectivity index (χ0v) is 10.7. The van der Waals surface area contributed by atoms with Crippen LogP contribution in [0.15, 0.2) is 0 Å². The molecule has 112 valence electrons. The van der Waals surface area contributed by atoms with Gasteiger partial charge in [0.1, 0.15) is 6.04 Å². The largest absolute Gasteiger partial charge is 0.480 e. The summed E-state index contributed by atoms with van der Waals surface area (Å²) in [5.74, 6) is -2.46. The average Bonchev–Trinajstić information content (AvgIpc) is 2.37. The van der Waals surface area contributed by atoms with Crippen LogP contribution in [-0.4, -0.2) is 53.7 Å². The Kier molecular flexibility index (Phi) is 13.2. The number of amides is 1. The number of hydrogen-bond donors (Lipinski definition) is 6. The van der Waals surface area contributed by atoms with Crippen molar-refractivity contribution in [2.24, 2.45) is 17.2 Å². The van der Waals surface area contributed by atoms with Crippen LogP contribution in [0.25, 0.3) is 0 Å². The summed E-state index contributed by atoms with van der Waals surface area (Å²) in [6.07, 6.45) is 1.82. The molecule has 0 aliphatic carbocycles. The van der Waals surface area contributed by atoms with Gasteiger partial charge < -0.3 is 32.7 Å². The van der Waals surface area contributed by atoms with E-state index in [0.29, 0.717) is 19.4 Å². The zero-order chi connectivity index (χ0) is 15.3. The number of nitrogens with one attached hydrogen (secondary N) is 1. The lowest BCUT2D eigenvalue weighted by Crippen LogP contribution is -2.43. The second-order valence-electron chi connectivity index (χ2n) is 3.54. The van der Waals surface area contributed by atoms with Crippen molar-refractivity contribution in [3.63, 3.8) is 0 Å². The molecule has 0 radical (unpaired) electrons. The number of carbonyl (C=O) groups is 3. The maximum atomic E-state index is 10.8. The van der Waals surface area contributed by atoms with Gasteiger partial charge in [-0.3, -0.25) is 9.59 Å². The minimum absolute atomic E-state index is 0.194. The van der Waals surface area contributed by atoms with Crippen molar-refractivity contribution < 1.29 is 24.6 Å². The van der Waals surface area contributed by atoms with Crippen molar-refractivity contribution in [2.45, 2.75) is 25.3 Å². The molecule has 9 N–H and O–H groups in total. The summed E-state index contributed by atoms with van der Waals surface area (Å²) < 4.78 is 0. The van der Waals surface area contributed by atoms with Crippen LogP contribution >= 0.6 is 0 Å². The lowest BCUT2D eigenvalue weighted by molar-refractivity contribution is -0.141. The fourth-order valence-corrected chi connectivity index (χ4v) is 1.00. The molecular formula is C10H22N4O5. The van der Waals surface area contributed by atoms with Crippen LogP contribution < -0.4 is 22.5 Å². The van der Waals surface area contributed by atoms with Gasteiger partial charge >= 0.3 is 11.9 Å². The van der Waals surface area contributed by atoms with Crippen molar-refractivity contribution in [2.75, 3.05) is 19.6 Å². The Morgan fingerprint density at radius 3 is 1.84 bits per heavy atom. The monoisotopic (exact) mass is 278 g/mol. The Morgan fingerprint density at radius 1 is 1.00 bits per heavy atom. The van der Waals surface area contributed by atoms with E-state index >= 15 is 0 Å². The van der Waals surface area contributed by atoms with Gasteiger partial charge in [0.05, 0.1) is 13.1 Å². The molecule has 19 heavy (non-hydrogen) atoms. The van der Waals surface area contributed by atoms with Crippen molar-refractivity contribution in [1.29, 1.82) is 0 Å². The molecule has 9 nitrogen and oxygen atoms in total. The third-order valence-electron chi connectivity index (χ3n) is 1.94. The first-order valence-corrected chi connectivity index (χ1v) is 5.73. The van der Waals surface area contributed by atoms with Gasteiger partial charge in [0.15, 0.2) is 0 Å². The molecule has 1 amide bonds. The summed E-state index contributed by atoms with van der Waals surface area (Å²) in [6.45, 7) is 0.0534. The van der Waals surface area contributed by atoms with Gasteiger partial charge in [0, 0.05) is 0 Å². The van der Waals surface area contributed by atoms with Crippen LogP contribution in [0.5, 0.6) is 0 Å². The third-order valence-corrected chi connectivity index (χ3v) is 1.94. The van der Waals surface area contributed by atoms with Gasteiger partial charge in [-0.25, -0.2) is 4.79 Å². The van der Waals surface area contributed by atoms with E-state index in [1.54, 1.807) is 0 Å². The predicted octanol–water partition coefficient (Wildman–Crippen LogP) is -2.33. The molecule has 0 rings (SSSR count). The molecule has 0 saturated carbocycles. The quantitative estimate of drug-likeness (QED) is 0.267. The summed E-state index contributed by atoms with van der Waals surface area (Å²) in [6, 6.07) is -0.849. The second-order valence-corrected chi connectivity index (χ2v) is 3.54. The lowest BCUT2D eigenvalue weighted by atomic mass is 10.1. The minimum Gasteiger partial charge on any atom is -0.480 e. The number of carboxylic acids is 2. The predicted molar refractivity (Wildman–Crippen MR) is 68.2 cm³/mol. The highest BCUT2D eigenvalue weighted by Crippen LogP contribution is 2.00. The number of carbonyl (C=O) groups excluding carboxylic acids is 1. The number of nitrogens with two attached hydrogens (primary N) is 3. The van der Waals surface area contributed by atoms with Crippen molar-refractivity contribution in [1.82, 2.24) is 5.32 Å². The molecule has 0 aliphatic rings. The Balaban J connectivity index is 0. The van der Waals surface area contributed by atoms with E-state index < -0.39 is 23.9 Å². The van der Waals surface area contributed by atoms with E-state index in [0.717, 1.165) is 6.42 Å². The molecule has 0 spiro atoms. The summed E-state index contributed by atoms with van der Waals surface area (Å²) >= 11 is 0.